The molecule has 0 spiro atoms. The molecule has 7 nitrogen and oxygen atoms in total. The first-order valence-corrected chi connectivity index (χ1v) is 4.55. The Morgan fingerprint density at radius 3 is 2.39 bits per heavy atom. The van der Waals surface area contributed by atoms with Crippen LogP contribution in [0.3, 0.4) is 0 Å². The van der Waals surface area contributed by atoms with Gasteiger partial charge in [-0.3, -0.25) is 5.43 Å². The molecule has 0 unspecified atom stereocenters. The molecular formula is C7H10F4N6O. The molecule has 0 bridgehead atoms. The second-order valence-corrected chi connectivity index (χ2v) is 3.03. The van der Waals surface area contributed by atoms with E-state index >= 15 is 0 Å². The van der Waals surface area contributed by atoms with Crippen molar-refractivity contribution in [1.82, 2.24) is 15.0 Å². The van der Waals surface area contributed by atoms with Crippen molar-refractivity contribution in [1.29, 1.82) is 0 Å². The van der Waals surface area contributed by atoms with E-state index in [1.165, 1.54) is 7.11 Å². The summed E-state index contributed by atoms with van der Waals surface area (Å²) in [6.45, 7) is -1.33. The van der Waals surface area contributed by atoms with E-state index in [1.807, 2.05) is 10.7 Å². The summed E-state index contributed by atoms with van der Waals surface area (Å²) in [6, 6.07) is -0.208. The highest BCUT2D eigenvalue weighted by Gasteiger charge is 2.40. The number of methoxy groups -OCH3 is 1. The summed E-state index contributed by atoms with van der Waals surface area (Å²) in [5.74, 6) is 0.292. The van der Waals surface area contributed by atoms with E-state index in [0.717, 1.165) is 0 Å². The van der Waals surface area contributed by atoms with Crippen molar-refractivity contribution >= 4 is 11.9 Å². The number of anilines is 2. The third-order valence-electron chi connectivity index (χ3n) is 1.73. The van der Waals surface area contributed by atoms with Crippen LogP contribution in [0, 0.1) is 0 Å². The van der Waals surface area contributed by atoms with Gasteiger partial charge in [0.25, 0.3) is 0 Å². The van der Waals surface area contributed by atoms with Crippen LogP contribution in [0.5, 0.6) is 6.01 Å². The Bertz CT molecular complexity index is 381. The van der Waals surface area contributed by atoms with Crippen molar-refractivity contribution in [3.05, 3.63) is 0 Å². The van der Waals surface area contributed by atoms with Crippen LogP contribution < -0.4 is 21.3 Å². The smallest absolute Gasteiger partial charge is 0.324 e. The molecule has 0 aliphatic carbocycles. The average molecular weight is 270 g/mol. The first kappa shape index (κ1) is 14.2. The van der Waals surface area contributed by atoms with Gasteiger partial charge in [0.2, 0.25) is 11.9 Å². The summed E-state index contributed by atoms with van der Waals surface area (Å²) in [5.41, 5.74) is 2.04. The fourth-order valence-corrected chi connectivity index (χ4v) is 0.865. The SMILES string of the molecule is COc1nc(NN)nc(NCC(F)(F)C(F)F)n1. The van der Waals surface area contributed by atoms with Crippen molar-refractivity contribution in [2.75, 3.05) is 24.4 Å². The highest BCUT2D eigenvalue weighted by atomic mass is 19.3. The number of aromatic nitrogens is 3. The minimum atomic E-state index is -4.20. The molecule has 4 N–H and O–H groups in total. The van der Waals surface area contributed by atoms with Gasteiger partial charge in [0.05, 0.1) is 13.7 Å². The van der Waals surface area contributed by atoms with Crippen LogP contribution in [0.15, 0.2) is 0 Å². The maximum Gasteiger partial charge on any atom is 0.324 e. The molecule has 0 fully saturated rings. The molecule has 0 aliphatic heterocycles. The fraction of sp³-hybridized carbons (Fsp3) is 0.571. The van der Waals surface area contributed by atoms with Crippen LogP contribution >= 0.6 is 0 Å². The second-order valence-electron chi connectivity index (χ2n) is 3.03. The number of halogens is 4. The number of hydrogen-bond acceptors (Lipinski definition) is 7. The summed E-state index contributed by atoms with van der Waals surface area (Å²) in [5, 5.41) is 1.95. The molecule has 0 aromatic carbocycles. The van der Waals surface area contributed by atoms with E-state index < -0.39 is 18.9 Å². The van der Waals surface area contributed by atoms with Gasteiger partial charge in [0.15, 0.2) is 0 Å². The van der Waals surface area contributed by atoms with Gasteiger partial charge in [-0.15, -0.1) is 0 Å². The first-order chi connectivity index (χ1) is 8.39. The number of ether oxygens (including phenoxy) is 1. The van der Waals surface area contributed by atoms with E-state index in [2.05, 4.69) is 19.7 Å². The molecule has 0 radical (unpaired) electrons. The number of hydrazine groups is 1. The quantitative estimate of drug-likeness (QED) is 0.393. The topological polar surface area (TPSA) is 98.0 Å². The molecular weight excluding hydrogens is 260 g/mol. The molecule has 1 aromatic heterocycles. The molecule has 1 heterocycles. The Balaban J connectivity index is 2.78. The molecule has 1 aromatic rings. The number of nitrogens with two attached hydrogens (primary N) is 1. The summed E-state index contributed by atoms with van der Waals surface area (Å²) in [6.07, 6.45) is -3.79. The molecule has 0 saturated heterocycles. The van der Waals surface area contributed by atoms with E-state index in [4.69, 9.17) is 5.84 Å². The van der Waals surface area contributed by atoms with Gasteiger partial charge < -0.3 is 10.1 Å². The predicted molar refractivity (Wildman–Crippen MR) is 53.6 cm³/mol. The van der Waals surface area contributed by atoms with E-state index in [0.29, 0.717) is 0 Å². The third-order valence-corrected chi connectivity index (χ3v) is 1.73. The van der Waals surface area contributed by atoms with Crippen LogP contribution in [0.2, 0.25) is 0 Å². The number of rotatable bonds is 6. The third kappa shape index (κ3) is 3.55. The number of alkyl halides is 4. The van der Waals surface area contributed by atoms with Crippen LogP contribution in [0.25, 0.3) is 0 Å². The first-order valence-electron chi connectivity index (χ1n) is 4.55. The zero-order chi connectivity index (χ0) is 13.8. The lowest BCUT2D eigenvalue weighted by Gasteiger charge is -2.15. The number of nitrogen functional groups attached to an aromatic ring is 1. The zero-order valence-electron chi connectivity index (χ0n) is 9.12. The van der Waals surface area contributed by atoms with Gasteiger partial charge >= 0.3 is 18.4 Å². The zero-order valence-corrected chi connectivity index (χ0v) is 9.12. The lowest BCUT2D eigenvalue weighted by atomic mass is 10.3. The minimum absolute atomic E-state index is 0.162. The van der Waals surface area contributed by atoms with Gasteiger partial charge in [-0.2, -0.15) is 23.7 Å². The fourth-order valence-electron chi connectivity index (χ4n) is 0.865. The summed E-state index contributed by atoms with van der Waals surface area (Å²) < 4.78 is 53.7. The predicted octanol–water partition coefficient (Wildman–Crippen LogP) is 0.478. The van der Waals surface area contributed by atoms with Gasteiger partial charge in [-0.05, 0) is 0 Å². The van der Waals surface area contributed by atoms with Crippen LogP contribution in [-0.4, -0.2) is 41.0 Å². The Hall–Kier alpha value is -1.91. The van der Waals surface area contributed by atoms with Crippen LogP contribution in [-0.2, 0) is 0 Å². The molecule has 0 aliphatic rings. The largest absolute Gasteiger partial charge is 0.467 e. The van der Waals surface area contributed by atoms with Crippen molar-refractivity contribution in [2.24, 2.45) is 5.84 Å². The van der Waals surface area contributed by atoms with Gasteiger partial charge in [-0.1, -0.05) is 0 Å². The minimum Gasteiger partial charge on any atom is -0.467 e. The Labute approximate surface area is 98.7 Å². The summed E-state index contributed by atoms with van der Waals surface area (Å²) in [7, 11) is 1.23. The summed E-state index contributed by atoms with van der Waals surface area (Å²) in [4.78, 5) is 10.7. The maximum absolute atomic E-state index is 12.6. The summed E-state index contributed by atoms with van der Waals surface area (Å²) >= 11 is 0. The second kappa shape index (κ2) is 5.62. The van der Waals surface area contributed by atoms with E-state index in [9.17, 15) is 17.6 Å². The lowest BCUT2D eigenvalue weighted by Crippen LogP contribution is -2.35. The molecule has 11 heteroatoms. The maximum atomic E-state index is 12.6. The van der Waals surface area contributed by atoms with E-state index in [-0.39, 0.29) is 17.9 Å². The van der Waals surface area contributed by atoms with E-state index in [1.54, 1.807) is 0 Å². The highest BCUT2D eigenvalue weighted by Crippen LogP contribution is 2.23. The van der Waals surface area contributed by atoms with Crippen molar-refractivity contribution in [3.63, 3.8) is 0 Å². The number of hydrogen-bond donors (Lipinski definition) is 3. The van der Waals surface area contributed by atoms with Crippen LogP contribution in [0.1, 0.15) is 0 Å². The van der Waals surface area contributed by atoms with Gasteiger partial charge in [0, 0.05) is 0 Å². The normalized spacial score (nSPS) is 11.5. The van der Waals surface area contributed by atoms with Crippen molar-refractivity contribution in [3.8, 4) is 6.01 Å². The lowest BCUT2D eigenvalue weighted by molar-refractivity contribution is -0.117. The average Bonchev–Trinajstić information content (AvgIpc) is 2.35. The highest BCUT2D eigenvalue weighted by molar-refractivity contribution is 5.35. The number of nitrogens with zero attached hydrogens (tertiary/aromatic N) is 3. The number of nitrogens with one attached hydrogen (secondary N) is 2. The van der Waals surface area contributed by atoms with Crippen LogP contribution in [0.4, 0.5) is 29.5 Å². The van der Waals surface area contributed by atoms with Crippen molar-refractivity contribution in [2.45, 2.75) is 12.3 Å². The Kier molecular flexibility index (Phi) is 4.42. The molecule has 18 heavy (non-hydrogen) atoms. The standard InChI is InChI=1S/C7H10F4N6O/c1-18-6-15-4(14-5(16-6)17-12)13-2-7(10,11)3(8)9/h3H,2,12H2,1H3,(H2,13,14,15,16,17). The molecule has 0 saturated carbocycles. The molecule has 102 valence electrons. The monoisotopic (exact) mass is 270 g/mol. The Morgan fingerprint density at radius 2 is 1.89 bits per heavy atom. The Morgan fingerprint density at radius 1 is 1.28 bits per heavy atom. The molecule has 0 amide bonds. The molecule has 1 rings (SSSR count). The van der Waals surface area contributed by atoms with Gasteiger partial charge in [-0.25, -0.2) is 14.6 Å². The van der Waals surface area contributed by atoms with Gasteiger partial charge in [0.1, 0.15) is 0 Å². The molecule has 0 atom stereocenters. The van der Waals surface area contributed by atoms with Crippen molar-refractivity contribution < 1.29 is 22.3 Å².